The first-order chi connectivity index (χ1) is 14.8. The van der Waals surface area contributed by atoms with Gasteiger partial charge in [-0.3, -0.25) is 9.59 Å². The molecule has 0 aromatic rings. The lowest BCUT2D eigenvalue weighted by atomic mass is 9.94. The van der Waals surface area contributed by atoms with Crippen LogP contribution in [0.5, 0.6) is 0 Å². The molecule has 3 N–H and O–H groups in total. The molecule has 0 radical (unpaired) electrons. The van der Waals surface area contributed by atoms with Crippen LogP contribution >= 0.6 is 11.8 Å². The van der Waals surface area contributed by atoms with E-state index in [4.69, 9.17) is 4.74 Å². The fourth-order valence-corrected chi connectivity index (χ4v) is 3.98. The zero-order valence-corrected chi connectivity index (χ0v) is 20.9. The molecule has 1 rings (SSSR count). The van der Waals surface area contributed by atoms with Crippen LogP contribution in [0.3, 0.4) is 0 Å². The Morgan fingerprint density at radius 2 is 1.69 bits per heavy atom. The van der Waals surface area contributed by atoms with Gasteiger partial charge >= 0.3 is 12.1 Å². The Morgan fingerprint density at radius 3 is 2.16 bits per heavy atom. The molecule has 0 unspecified atom stereocenters. The van der Waals surface area contributed by atoms with Crippen molar-refractivity contribution in [3.05, 3.63) is 0 Å². The van der Waals surface area contributed by atoms with E-state index in [-0.39, 0.29) is 23.7 Å². The number of hydrogen-bond acceptors (Lipinski definition) is 6. The van der Waals surface area contributed by atoms with Crippen molar-refractivity contribution in [2.45, 2.75) is 78.0 Å². The predicted octanol–water partition coefficient (Wildman–Crippen LogP) is 2.49. The summed E-state index contributed by atoms with van der Waals surface area (Å²) in [6, 6.07) is -1.60. The van der Waals surface area contributed by atoms with E-state index in [0.717, 1.165) is 0 Å². The number of amides is 3. The monoisotopic (exact) mass is 473 g/mol. The van der Waals surface area contributed by atoms with Gasteiger partial charge in [0.15, 0.2) is 0 Å². The van der Waals surface area contributed by atoms with Gasteiger partial charge in [0, 0.05) is 19.0 Å². The molecule has 1 saturated heterocycles. The smallest absolute Gasteiger partial charge is 0.408 e. The van der Waals surface area contributed by atoms with E-state index in [1.54, 1.807) is 25.7 Å². The van der Waals surface area contributed by atoms with E-state index in [1.165, 1.54) is 11.8 Å². The second-order valence-corrected chi connectivity index (χ2v) is 10.6. The van der Waals surface area contributed by atoms with Crippen LogP contribution in [0, 0.1) is 11.8 Å². The normalized spacial score (nSPS) is 16.9. The molecule has 0 saturated carbocycles. The first kappa shape index (κ1) is 28.1. The molecular weight excluding hydrogens is 434 g/mol. The van der Waals surface area contributed by atoms with Gasteiger partial charge in [-0.1, -0.05) is 13.8 Å². The molecule has 0 spiro atoms. The number of hydrogen-bond donors (Lipinski definition) is 3. The molecule has 2 atom stereocenters. The third kappa shape index (κ3) is 10.1. The largest absolute Gasteiger partial charge is 0.480 e. The van der Waals surface area contributed by atoms with Crippen LogP contribution in [-0.4, -0.2) is 76.7 Å². The summed E-state index contributed by atoms with van der Waals surface area (Å²) in [6.45, 7) is 9.99. The van der Waals surface area contributed by atoms with Gasteiger partial charge in [0.25, 0.3) is 0 Å². The number of likely N-dealkylation sites (tertiary alicyclic amines) is 1. The van der Waals surface area contributed by atoms with Crippen molar-refractivity contribution < 1.29 is 29.0 Å². The molecule has 9 nitrogen and oxygen atoms in total. The number of carboxylic acids is 1. The Labute approximate surface area is 195 Å². The van der Waals surface area contributed by atoms with E-state index in [0.29, 0.717) is 44.5 Å². The highest BCUT2D eigenvalue weighted by Crippen LogP contribution is 2.20. The molecule has 32 heavy (non-hydrogen) atoms. The van der Waals surface area contributed by atoms with Gasteiger partial charge in [-0.15, -0.1) is 0 Å². The van der Waals surface area contributed by atoms with Gasteiger partial charge in [-0.05, 0) is 64.4 Å². The number of carbonyl (C=O) groups excluding carboxylic acids is 3. The average Bonchev–Trinajstić information content (AvgIpc) is 2.68. The van der Waals surface area contributed by atoms with Crippen LogP contribution in [0.2, 0.25) is 0 Å². The second-order valence-electron chi connectivity index (χ2n) is 9.61. The first-order valence-electron chi connectivity index (χ1n) is 11.1. The minimum Gasteiger partial charge on any atom is -0.480 e. The standard InChI is InChI=1S/C22H39N3O6S/c1-14(2)13-17(24-21(30)31-22(3,4)5)19(27)25-10-7-15(8-11-25)18(26)23-16(20(28)29)9-12-32-6/h14-17H,7-13H2,1-6H3,(H,23,26)(H,24,30)(H,28,29)/t16-,17-/m0/s1. The molecule has 3 amide bonds. The van der Waals surface area contributed by atoms with Crippen LogP contribution in [0.15, 0.2) is 0 Å². The fraction of sp³-hybridized carbons (Fsp3) is 0.818. The molecule has 1 heterocycles. The minimum absolute atomic E-state index is 0.188. The number of carboxylic acid groups (broad SMARTS) is 1. The number of thioether (sulfide) groups is 1. The molecule has 10 heteroatoms. The lowest BCUT2D eigenvalue weighted by Crippen LogP contribution is -2.53. The van der Waals surface area contributed by atoms with Crippen LogP contribution in [0.25, 0.3) is 0 Å². The zero-order valence-electron chi connectivity index (χ0n) is 20.1. The third-order valence-corrected chi connectivity index (χ3v) is 5.74. The van der Waals surface area contributed by atoms with E-state index < -0.39 is 29.7 Å². The minimum atomic E-state index is -1.04. The lowest BCUT2D eigenvalue weighted by molar-refractivity contribution is -0.143. The van der Waals surface area contributed by atoms with Crippen molar-refractivity contribution in [3.8, 4) is 0 Å². The average molecular weight is 474 g/mol. The highest BCUT2D eigenvalue weighted by Gasteiger charge is 2.33. The van der Waals surface area contributed by atoms with Crippen molar-refractivity contribution in [1.82, 2.24) is 15.5 Å². The Kier molecular flexibility index (Phi) is 11.3. The van der Waals surface area contributed by atoms with E-state index in [9.17, 15) is 24.3 Å². The second kappa shape index (κ2) is 12.9. The molecular formula is C22H39N3O6S. The van der Waals surface area contributed by atoms with E-state index in [2.05, 4.69) is 10.6 Å². The van der Waals surface area contributed by atoms with E-state index >= 15 is 0 Å². The van der Waals surface area contributed by atoms with Crippen molar-refractivity contribution >= 4 is 35.6 Å². The summed E-state index contributed by atoms with van der Waals surface area (Å²) in [5, 5.41) is 14.6. The molecule has 1 fully saturated rings. The van der Waals surface area contributed by atoms with Crippen LogP contribution in [0.4, 0.5) is 4.79 Å². The molecule has 184 valence electrons. The van der Waals surface area contributed by atoms with Crippen molar-refractivity contribution in [2.75, 3.05) is 25.1 Å². The number of ether oxygens (including phenoxy) is 1. The van der Waals surface area contributed by atoms with Crippen molar-refractivity contribution in [2.24, 2.45) is 11.8 Å². The Balaban J connectivity index is 2.67. The zero-order chi connectivity index (χ0) is 24.5. The summed E-state index contributed by atoms with van der Waals surface area (Å²) < 4.78 is 5.30. The van der Waals surface area contributed by atoms with Gasteiger partial charge in [-0.25, -0.2) is 9.59 Å². The summed E-state index contributed by atoms with van der Waals surface area (Å²) in [7, 11) is 0. The number of piperidine rings is 1. The van der Waals surface area contributed by atoms with Gasteiger partial charge < -0.3 is 25.4 Å². The molecule has 0 aliphatic carbocycles. The highest BCUT2D eigenvalue weighted by atomic mass is 32.2. The van der Waals surface area contributed by atoms with Crippen molar-refractivity contribution in [1.29, 1.82) is 0 Å². The van der Waals surface area contributed by atoms with E-state index in [1.807, 2.05) is 20.1 Å². The lowest BCUT2D eigenvalue weighted by Gasteiger charge is -2.34. The number of nitrogens with zero attached hydrogens (tertiary/aromatic N) is 1. The Morgan fingerprint density at radius 1 is 1.09 bits per heavy atom. The number of nitrogens with one attached hydrogen (secondary N) is 2. The highest BCUT2D eigenvalue weighted by molar-refractivity contribution is 7.98. The van der Waals surface area contributed by atoms with Crippen LogP contribution < -0.4 is 10.6 Å². The molecule has 0 aromatic heterocycles. The summed E-state index contributed by atoms with van der Waals surface area (Å²) in [4.78, 5) is 50.9. The number of aliphatic carboxylic acids is 1. The molecule has 1 aliphatic heterocycles. The molecule has 1 aliphatic rings. The summed E-state index contributed by atoms with van der Waals surface area (Å²) in [5.74, 6) is -1.01. The molecule has 0 bridgehead atoms. The Hall–Kier alpha value is -1.97. The first-order valence-corrected chi connectivity index (χ1v) is 12.5. The topological polar surface area (TPSA) is 125 Å². The van der Waals surface area contributed by atoms with Gasteiger partial charge in [0.05, 0.1) is 0 Å². The van der Waals surface area contributed by atoms with Gasteiger partial charge in [0.2, 0.25) is 11.8 Å². The van der Waals surface area contributed by atoms with Crippen LogP contribution in [0.1, 0.15) is 60.3 Å². The quantitative estimate of drug-likeness (QED) is 0.445. The maximum absolute atomic E-state index is 13.1. The number of rotatable bonds is 10. The number of alkyl carbamates (subject to hydrolysis) is 1. The third-order valence-electron chi connectivity index (χ3n) is 5.10. The maximum Gasteiger partial charge on any atom is 0.408 e. The summed E-state index contributed by atoms with van der Waals surface area (Å²) in [6.07, 6.45) is 3.01. The number of carbonyl (C=O) groups is 4. The van der Waals surface area contributed by atoms with Crippen LogP contribution in [-0.2, 0) is 19.1 Å². The van der Waals surface area contributed by atoms with Gasteiger partial charge in [0.1, 0.15) is 17.7 Å². The van der Waals surface area contributed by atoms with Crippen molar-refractivity contribution in [3.63, 3.8) is 0 Å². The maximum atomic E-state index is 13.1. The summed E-state index contributed by atoms with van der Waals surface area (Å²) >= 11 is 1.53. The van der Waals surface area contributed by atoms with Gasteiger partial charge in [-0.2, -0.15) is 11.8 Å². The molecule has 0 aromatic carbocycles. The SMILES string of the molecule is CSCC[C@H](NC(=O)C1CCN(C(=O)[C@H](CC(C)C)NC(=O)OC(C)(C)C)CC1)C(=O)O. The summed E-state index contributed by atoms with van der Waals surface area (Å²) in [5.41, 5.74) is -0.662. The Bertz CT molecular complexity index is 657. The fourth-order valence-electron chi connectivity index (χ4n) is 3.51. The predicted molar refractivity (Wildman–Crippen MR) is 124 cm³/mol.